The zero-order chi connectivity index (χ0) is 74.9. The van der Waals surface area contributed by atoms with Crippen LogP contribution in [0.3, 0.4) is 0 Å². The van der Waals surface area contributed by atoms with Crippen LogP contribution in [0.4, 0.5) is 0 Å². The Bertz CT molecular complexity index is 4390. The molecule has 6 aromatic carbocycles. The molecule has 105 heavy (non-hydrogen) atoms. The van der Waals surface area contributed by atoms with Crippen LogP contribution in [-0.2, 0) is 60.8 Å². The first-order valence-electron chi connectivity index (χ1n) is 40.0. The minimum atomic E-state index is -1.80. The van der Waals surface area contributed by atoms with Crippen LogP contribution in [0.15, 0.2) is 155 Å². The second-order valence-corrected chi connectivity index (χ2v) is 49.1. The average Bonchev–Trinajstić information content (AvgIpc) is 1.57. The van der Waals surface area contributed by atoms with E-state index in [4.69, 9.17) is 17.0 Å². The van der Waals surface area contributed by atoms with Gasteiger partial charge in [-0.2, -0.15) is 0 Å². The number of hydrogen-bond acceptors (Lipinski definition) is 0. The van der Waals surface area contributed by atoms with E-state index in [9.17, 15) is 0 Å². The van der Waals surface area contributed by atoms with Crippen molar-refractivity contribution < 1.29 is 20.8 Å². The van der Waals surface area contributed by atoms with Crippen molar-refractivity contribution in [3.63, 3.8) is 0 Å². The Kier molecular flexibility index (Phi) is 24.2. The van der Waals surface area contributed by atoms with Crippen molar-refractivity contribution in [2.75, 3.05) is 0 Å². The molecule has 0 heterocycles. The molecule has 0 aliphatic heterocycles. The Morgan fingerprint density at radius 1 is 0.448 bits per heavy atom. The van der Waals surface area contributed by atoms with Crippen molar-refractivity contribution >= 4 is 48.4 Å². The minimum absolute atomic E-state index is 0. The van der Waals surface area contributed by atoms with Gasteiger partial charge in [-0.3, -0.25) is 0 Å². The maximum atomic E-state index is 4.93. The van der Waals surface area contributed by atoms with Crippen molar-refractivity contribution in [3.05, 3.63) is 248 Å². The number of aryl methyl sites for hydroxylation is 1. The Morgan fingerprint density at radius 2 is 0.838 bits per heavy atom. The monoisotopic (exact) mass is 1530 g/mol. The summed E-state index contributed by atoms with van der Waals surface area (Å²) >= 11 is -0.826. The summed E-state index contributed by atoms with van der Waals surface area (Å²) in [4.78, 5) is 0. The fraction of sp³-hybridized carbons (Fsp3) is 0.505. The summed E-state index contributed by atoms with van der Waals surface area (Å²) in [7, 11) is 8.07. The van der Waals surface area contributed by atoms with E-state index >= 15 is 0 Å². The first-order chi connectivity index (χ1) is 48.0. The summed E-state index contributed by atoms with van der Waals surface area (Å²) in [5.74, 6) is 4.99. The molecule has 8 aliphatic rings. The van der Waals surface area contributed by atoms with Gasteiger partial charge in [-0.05, 0) is 298 Å². The number of benzene rings is 6. The van der Waals surface area contributed by atoms with Gasteiger partial charge in [-0.15, -0.1) is 0 Å². The maximum absolute atomic E-state index is 4.93. The van der Waals surface area contributed by atoms with Crippen LogP contribution < -0.4 is 0 Å². The Balaban J connectivity index is 0.000000213. The summed E-state index contributed by atoms with van der Waals surface area (Å²) in [5, 5.41) is 0. The van der Waals surface area contributed by atoms with Crippen LogP contribution in [0.1, 0.15) is 294 Å². The van der Waals surface area contributed by atoms with Crippen LogP contribution in [0.25, 0.3) is 45.6 Å². The summed E-state index contributed by atoms with van der Waals surface area (Å²) in [6.07, 6.45) is 22.2. The molecule has 3 saturated carbocycles. The van der Waals surface area contributed by atoms with Gasteiger partial charge in [0.2, 0.25) is 0 Å². The van der Waals surface area contributed by atoms with Crippen LogP contribution >= 0.6 is 17.0 Å². The molecule has 8 aliphatic carbocycles. The van der Waals surface area contributed by atoms with Gasteiger partial charge in [0.25, 0.3) is 0 Å². The van der Waals surface area contributed by atoms with Crippen molar-refractivity contribution in [1.82, 2.24) is 0 Å². The molecule has 0 bridgehead atoms. The standard InChI is InChI=1S/C50H70Si.C49H58.2CH3.2ClH.Zr/c1-30-26-39-42(29-43(50(10,11)12)32(3)44(39)33-18-22-36(23-19-33)48(4,5)6)47(30)51(13,14)46-31(2)27-40-41(46)28-35-16-15-17-38(35)45(40)34-20-24-37(25-21-34)49(7,8)9;1-29-24-42-41(28-44(49(10,11)12)31(3)45(42)32-16-20-35(21-17-32)47(4,5)6)39(29)27-38-30(2)25-43-40(38)26-34-14-13-15-37(34)46(43)33-18-22-36(23-19-33)48(7,8)9;;;;;/h18-25,28-31,39-42,46-47H,15-17,26-27H2,1-14H3;16-26,28,38-39H,13-15,27H2,1-12H3;2*1H3;2*1H;/q;;2*-1;;;+4/p-2. The normalized spacial score (nSPS) is 24.1. The van der Waals surface area contributed by atoms with Crippen LogP contribution in [0, 0.1) is 62.7 Å². The summed E-state index contributed by atoms with van der Waals surface area (Å²) in [6, 6.07) is 43.9. The molecule has 0 nitrogen and oxygen atoms in total. The molecule has 0 N–H and O–H groups in total. The third-order valence-electron chi connectivity index (χ3n) is 26.9. The average molecular weight is 1540 g/mol. The fourth-order valence-electron chi connectivity index (χ4n) is 22.1. The third kappa shape index (κ3) is 15.9. The van der Waals surface area contributed by atoms with Crippen LogP contribution in [0.2, 0.25) is 24.2 Å². The Morgan fingerprint density at radius 3 is 1.28 bits per heavy atom. The van der Waals surface area contributed by atoms with Crippen molar-refractivity contribution in [2.45, 2.75) is 287 Å². The van der Waals surface area contributed by atoms with E-state index in [0.717, 1.165) is 29.3 Å². The molecule has 6 aromatic rings. The topological polar surface area (TPSA) is 0 Å². The predicted molar refractivity (Wildman–Crippen MR) is 464 cm³/mol. The van der Waals surface area contributed by atoms with E-state index in [1.54, 1.807) is 50.1 Å². The Labute approximate surface area is 661 Å². The number of allylic oxidation sites excluding steroid dienone is 10. The van der Waals surface area contributed by atoms with E-state index in [1.165, 1.54) is 146 Å². The molecule has 3 fully saturated rings. The molecule has 10 unspecified atom stereocenters. The van der Waals surface area contributed by atoms with Gasteiger partial charge < -0.3 is 14.9 Å². The van der Waals surface area contributed by atoms with Gasteiger partial charge >= 0.3 is 37.9 Å². The molecule has 0 aromatic heterocycles. The Hall–Kier alpha value is -4.56. The quantitative estimate of drug-likeness (QED) is 0.105. The number of halogens is 2. The van der Waals surface area contributed by atoms with Crippen molar-refractivity contribution in [2.24, 2.45) is 40.9 Å². The molecule has 4 heteroatoms. The van der Waals surface area contributed by atoms with Gasteiger partial charge in [-0.25, -0.2) is 0 Å². The van der Waals surface area contributed by atoms with E-state index in [0.29, 0.717) is 35.5 Å². The molecule has 0 amide bonds. The van der Waals surface area contributed by atoms with E-state index in [1.807, 2.05) is 0 Å². The summed E-state index contributed by atoms with van der Waals surface area (Å²) < 4.78 is 0. The molecule has 0 spiro atoms. The molecular weight excluding hydrogens is 1400 g/mol. The molecule has 560 valence electrons. The molecule has 0 radical (unpaired) electrons. The van der Waals surface area contributed by atoms with Crippen LogP contribution in [0.5, 0.6) is 0 Å². The number of hydrogen-bond donors (Lipinski definition) is 0. The number of rotatable bonds is 8. The van der Waals surface area contributed by atoms with Crippen molar-refractivity contribution in [3.8, 4) is 22.3 Å². The molecule has 0 saturated heterocycles. The van der Waals surface area contributed by atoms with Gasteiger partial charge in [0.1, 0.15) is 0 Å². The number of fused-ring (bicyclic) bond motifs is 6. The SMILES string of the molecule is CC1=C(c2ccc(C(C)(C)C)cc2)C2CC(C)C([Si](C)(C)C3C(C)CC4C(c5ccc(C(C)(C)C)cc5)=C5CCCC5=CC43)C2C=C1C(C)(C)C.CC1=Cc2c(cc(C(C)(C)C)c(C)c2-c2ccc(C(C)(C)C)cc2)C1CC1C(C)=Cc2c1cc1c(c2-c2ccc(C(C)(C)C)cc2)CCC1.[CH3-].[CH3-].[Cl][Zr+2][Cl]. The molecule has 14 rings (SSSR count). The summed E-state index contributed by atoms with van der Waals surface area (Å²) in [6.45, 7) is 63.1. The zero-order valence-electron chi connectivity index (χ0n) is 70.6. The second kappa shape index (κ2) is 30.6. The van der Waals surface area contributed by atoms with E-state index in [2.05, 4.69) is 313 Å². The first kappa shape index (κ1) is 82.9. The molecule has 10 atom stereocenters. The van der Waals surface area contributed by atoms with Gasteiger partial charge in [0, 0.05) is 11.8 Å². The second-order valence-electron chi connectivity index (χ2n) is 40.4. The van der Waals surface area contributed by atoms with E-state index < -0.39 is 28.9 Å². The zero-order valence-corrected chi connectivity index (χ0v) is 75.6. The first-order valence-corrected chi connectivity index (χ1v) is 49.5. The third-order valence-corrected chi connectivity index (χ3v) is 32.2. The predicted octanol–water partition coefficient (Wildman–Crippen LogP) is 30.7. The summed E-state index contributed by atoms with van der Waals surface area (Å²) in [5.41, 5.74) is 42.0. The van der Waals surface area contributed by atoms with E-state index in [-0.39, 0.29) is 47.3 Å². The van der Waals surface area contributed by atoms with Crippen LogP contribution in [-0.4, -0.2) is 8.07 Å². The van der Waals surface area contributed by atoms with Gasteiger partial charge in [0.15, 0.2) is 0 Å². The fourth-order valence-corrected chi connectivity index (χ4v) is 28.3. The van der Waals surface area contributed by atoms with Gasteiger partial charge in [-0.1, -0.05) is 296 Å². The van der Waals surface area contributed by atoms with Crippen molar-refractivity contribution in [1.29, 1.82) is 0 Å². The molecular formula is C101H134Cl2SiZr. The van der Waals surface area contributed by atoms with Gasteiger partial charge in [0.05, 0.1) is 8.07 Å².